The van der Waals surface area contributed by atoms with Gasteiger partial charge in [0.1, 0.15) is 0 Å². The molecule has 1 atom stereocenters. The minimum absolute atomic E-state index is 0.519. The van der Waals surface area contributed by atoms with Gasteiger partial charge in [0.15, 0.2) is 5.11 Å². The maximum Gasteiger partial charge on any atom is 0.170 e. The van der Waals surface area contributed by atoms with Crippen LogP contribution >= 0.6 is 12.2 Å². The lowest BCUT2D eigenvalue weighted by Gasteiger charge is -2.37. The van der Waals surface area contributed by atoms with Gasteiger partial charge in [0.2, 0.25) is 0 Å². The Morgan fingerprint density at radius 3 is 2.70 bits per heavy atom. The quantitative estimate of drug-likeness (QED) is 0.372. The highest BCUT2D eigenvalue weighted by Gasteiger charge is 2.28. The van der Waals surface area contributed by atoms with Crippen LogP contribution in [0.5, 0.6) is 0 Å². The number of pyridine rings is 1. The predicted octanol–water partition coefficient (Wildman–Crippen LogP) is 2.39. The molecule has 7 nitrogen and oxygen atoms in total. The van der Waals surface area contributed by atoms with Crippen LogP contribution in [0.15, 0.2) is 24.5 Å². The number of anilines is 1. The Morgan fingerprint density at radius 1 is 1.23 bits per heavy atom. The number of ether oxygens (including phenoxy) is 1. The zero-order valence-electron chi connectivity index (χ0n) is 17.8. The molecule has 3 rings (SSSR count). The number of aromatic nitrogens is 1. The van der Waals surface area contributed by atoms with Gasteiger partial charge in [0.25, 0.3) is 0 Å². The van der Waals surface area contributed by atoms with E-state index >= 15 is 0 Å². The van der Waals surface area contributed by atoms with Gasteiger partial charge < -0.3 is 15.4 Å². The van der Waals surface area contributed by atoms with E-state index in [1.807, 2.05) is 12.1 Å². The van der Waals surface area contributed by atoms with Crippen LogP contribution in [0.4, 0.5) is 5.69 Å². The molecule has 1 unspecified atom stereocenters. The smallest absolute Gasteiger partial charge is 0.170 e. The predicted molar refractivity (Wildman–Crippen MR) is 127 cm³/mol. The number of nitrogens with zero attached hydrogens (tertiary/aromatic N) is 3. The van der Waals surface area contributed by atoms with Gasteiger partial charge in [-0.15, -0.1) is 0 Å². The summed E-state index contributed by atoms with van der Waals surface area (Å²) >= 11 is 5.32. The summed E-state index contributed by atoms with van der Waals surface area (Å²) in [6.45, 7) is 6.54. The van der Waals surface area contributed by atoms with Crippen LogP contribution in [0.25, 0.3) is 0 Å². The molecule has 2 heterocycles. The molecule has 0 amide bonds. The third kappa shape index (κ3) is 8.19. The number of unbranched alkanes of at least 4 members (excludes halogenated alkanes) is 1. The monoisotopic (exact) mass is 453 g/mol. The number of nitrogens with one attached hydrogen (secondary N) is 2. The first kappa shape index (κ1) is 23.5. The van der Waals surface area contributed by atoms with E-state index in [4.69, 9.17) is 17.0 Å². The Hall–Kier alpha value is -1.13. The summed E-state index contributed by atoms with van der Waals surface area (Å²) in [4.78, 5) is 6.45. The second-order valence-electron chi connectivity index (χ2n) is 7.88. The van der Waals surface area contributed by atoms with Crippen molar-refractivity contribution in [2.24, 2.45) is 0 Å². The fourth-order valence-corrected chi connectivity index (χ4v) is 5.46. The third-order valence-electron chi connectivity index (χ3n) is 5.67. The Morgan fingerprint density at radius 2 is 2.00 bits per heavy atom. The van der Waals surface area contributed by atoms with E-state index in [1.54, 1.807) is 12.4 Å². The average molecular weight is 454 g/mol. The molecule has 2 aliphatic rings. The fourth-order valence-electron chi connectivity index (χ4n) is 3.68. The lowest BCUT2D eigenvalue weighted by Crippen LogP contribution is -2.44. The molecule has 1 saturated carbocycles. The Balaban J connectivity index is 1.29. The van der Waals surface area contributed by atoms with Gasteiger partial charge in [-0.25, -0.2) is 8.51 Å². The average Bonchev–Trinajstić information content (AvgIpc) is 2.73. The normalized spacial score (nSPS) is 18.7. The summed E-state index contributed by atoms with van der Waals surface area (Å²) in [5.74, 6) is 0.736. The van der Waals surface area contributed by atoms with E-state index in [0.717, 1.165) is 76.6 Å². The second-order valence-corrected chi connectivity index (χ2v) is 9.81. The molecule has 0 spiro atoms. The Labute approximate surface area is 188 Å². The summed E-state index contributed by atoms with van der Waals surface area (Å²) in [5, 5.41) is 6.97. The molecule has 2 fully saturated rings. The van der Waals surface area contributed by atoms with E-state index in [2.05, 4.69) is 24.8 Å². The van der Waals surface area contributed by atoms with Crippen molar-refractivity contribution in [3.63, 3.8) is 0 Å². The SMILES string of the molecule is O=S(CCCCNC(=S)Nc1ccncc1)N(CCCN1CCOCC1)C1CCC1. The van der Waals surface area contributed by atoms with E-state index in [9.17, 15) is 4.21 Å². The van der Waals surface area contributed by atoms with E-state index in [0.29, 0.717) is 11.2 Å². The zero-order valence-corrected chi connectivity index (χ0v) is 19.4. The molecule has 9 heteroatoms. The van der Waals surface area contributed by atoms with Crippen molar-refractivity contribution >= 4 is 34.0 Å². The first-order valence-electron chi connectivity index (χ1n) is 11.1. The van der Waals surface area contributed by atoms with Crippen LogP contribution in [0.2, 0.25) is 0 Å². The maximum absolute atomic E-state index is 12.9. The van der Waals surface area contributed by atoms with Gasteiger partial charge in [0, 0.05) is 56.1 Å². The molecule has 1 aromatic rings. The minimum Gasteiger partial charge on any atom is -0.379 e. The summed E-state index contributed by atoms with van der Waals surface area (Å²) < 4.78 is 20.6. The summed E-state index contributed by atoms with van der Waals surface area (Å²) in [7, 11) is -0.882. The number of hydrogen-bond acceptors (Lipinski definition) is 5. The first-order chi connectivity index (χ1) is 14.7. The lowest BCUT2D eigenvalue weighted by molar-refractivity contribution is 0.0363. The van der Waals surface area contributed by atoms with Crippen LogP contribution in [0, 0.1) is 0 Å². The van der Waals surface area contributed by atoms with Crippen LogP contribution in [0.3, 0.4) is 0 Å². The van der Waals surface area contributed by atoms with Gasteiger partial charge in [-0.1, -0.05) is 6.42 Å². The van der Waals surface area contributed by atoms with Crippen LogP contribution in [-0.4, -0.2) is 81.2 Å². The van der Waals surface area contributed by atoms with Crippen LogP contribution in [0.1, 0.15) is 38.5 Å². The highest BCUT2D eigenvalue weighted by Crippen LogP contribution is 2.26. The number of thiocarbonyl (C=S) groups is 1. The molecule has 1 saturated heterocycles. The summed E-state index contributed by atoms with van der Waals surface area (Å²) in [6.07, 6.45) is 10.1. The lowest BCUT2D eigenvalue weighted by atomic mass is 9.93. The summed E-state index contributed by atoms with van der Waals surface area (Å²) in [6, 6.07) is 4.28. The minimum atomic E-state index is -0.882. The third-order valence-corrected chi connectivity index (χ3v) is 7.56. The molecule has 30 heavy (non-hydrogen) atoms. The number of hydrogen-bond donors (Lipinski definition) is 2. The van der Waals surface area contributed by atoms with Gasteiger partial charge in [0.05, 0.1) is 24.2 Å². The highest BCUT2D eigenvalue weighted by atomic mass is 32.2. The van der Waals surface area contributed by atoms with E-state index in [-0.39, 0.29) is 0 Å². The molecular formula is C21H35N5O2S2. The van der Waals surface area contributed by atoms with Crippen molar-refractivity contribution in [2.75, 3.05) is 57.0 Å². The number of rotatable bonds is 12. The molecule has 0 bridgehead atoms. The van der Waals surface area contributed by atoms with E-state index < -0.39 is 11.0 Å². The molecule has 1 aliphatic carbocycles. The zero-order chi connectivity index (χ0) is 21.0. The molecule has 0 radical (unpaired) electrons. The molecule has 1 aromatic heterocycles. The van der Waals surface area contributed by atoms with Crippen molar-refractivity contribution in [3.05, 3.63) is 24.5 Å². The van der Waals surface area contributed by atoms with Crippen molar-refractivity contribution in [3.8, 4) is 0 Å². The summed E-state index contributed by atoms with van der Waals surface area (Å²) in [5.41, 5.74) is 0.928. The Kier molecular flexibility index (Phi) is 10.4. The molecular weight excluding hydrogens is 418 g/mol. The van der Waals surface area contributed by atoms with Gasteiger partial charge >= 0.3 is 0 Å². The van der Waals surface area contributed by atoms with Gasteiger partial charge in [-0.3, -0.25) is 9.88 Å². The van der Waals surface area contributed by atoms with E-state index in [1.165, 1.54) is 19.3 Å². The first-order valence-corrected chi connectivity index (χ1v) is 12.8. The molecule has 0 aromatic carbocycles. The Bertz CT molecular complexity index is 654. The largest absolute Gasteiger partial charge is 0.379 e. The maximum atomic E-state index is 12.9. The van der Waals surface area contributed by atoms with Crippen molar-refractivity contribution in [2.45, 2.75) is 44.6 Å². The number of morpholine rings is 1. The van der Waals surface area contributed by atoms with Crippen LogP contribution < -0.4 is 10.6 Å². The fraction of sp³-hybridized carbons (Fsp3) is 0.714. The highest BCUT2D eigenvalue weighted by molar-refractivity contribution is 7.82. The topological polar surface area (TPSA) is 69.7 Å². The van der Waals surface area contributed by atoms with Crippen molar-refractivity contribution in [1.29, 1.82) is 0 Å². The van der Waals surface area contributed by atoms with Gasteiger partial charge in [-0.2, -0.15) is 0 Å². The molecule has 2 N–H and O–H groups in total. The van der Waals surface area contributed by atoms with Crippen molar-refractivity contribution in [1.82, 2.24) is 19.5 Å². The standard InChI is InChI=1S/C21H35N5O2S2/c27-30(18-2-1-9-23-21(29)24-19-7-10-22-11-8-19)26(20-5-3-6-20)13-4-12-25-14-16-28-17-15-25/h7-8,10-11,20H,1-6,9,12-18H2,(H2,22,23,24,29). The second kappa shape index (κ2) is 13.3. The van der Waals surface area contributed by atoms with Gasteiger partial charge in [-0.05, 0) is 63.0 Å². The molecule has 1 aliphatic heterocycles. The van der Waals surface area contributed by atoms with Crippen molar-refractivity contribution < 1.29 is 8.95 Å². The molecule has 168 valence electrons. The van der Waals surface area contributed by atoms with Crippen LogP contribution in [-0.2, 0) is 15.7 Å².